The molecule has 2 saturated heterocycles. The number of hydrogen-bond donors (Lipinski definition) is 1. The van der Waals surface area contributed by atoms with Crippen molar-refractivity contribution in [2.45, 2.75) is 37.9 Å². The third-order valence-electron chi connectivity index (χ3n) is 5.03. The Labute approximate surface area is 148 Å². The second-order valence-electron chi connectivity index (χ2n) is 7.00. The van der Waals surface area contributed by atoms with Crippen molar-refractivity contribution in [1.82, 2.24) is 10.2 Å². The number of piperidine rings is 1. The summed E-state index contributed by atoms with van der Waals surface area (Å²) in [5.41, 5.74) is 1.52. The summed E-state index contributed by atoms with van der Waals surface area (Å²) < 4.78 is 11.7. The van der Waals surface area contributed by atoms with Gasteiger partial charge in [0.05, 0.1) is 24.9 Å². The van der Waals surface area contributed by atoms with Crippen LogP contribution in [0.4, 0.5) is 0 Å². The molecule has 0 bridgehead atoms. The molecule has 0 aliphatic carbocycles. The van der Waals surface area contributed by atoms with E-state index in [9.17, 15) is 9.59 Å². The maximum Gasteiger partial charge on any atom is 0.253 e. The van der Waals surface area contributed by atoms with Gasteiger partial charge in [-0.3, -0.25) is 9.59 Å². The van der Waals surface area contributed by atoms with Crippen LogP contribution in [0, 0.1) is 6.92 Å². The summed E-state index contributed by atoms with van der Waals surface area (Å²) in [6.45, 7) is 3.87. The lowest BCUT2D eigenvalue weighted by molar-refractivity contribution is -0.127. The van der Waals surface area contributed by atoms with Crippen LogP contribution in [-0.4, -0.2) is 61.8 Å². The molecule has 25 heavy (non-hydrogen) atoms. The number of nitrogens with zero attached hydrogens (tertiary/aromatic N) is 1. The Kier molecular flexibility index (Phi) is 5.39. The third kappa shape index (κ3) is 4.19. The standard InChI is InChI=1S/C19H26N2O4/c1-14-4-6-15(7-5-14)18(23)21-9-3-8-19(13-21)10-16(11-25-19)24-12-17(22)20-2/h4-7,16H,3,8-13H2,1-2H3,(H,20,22)/t16-,19+/m1/s1. The minimum atomic E-state index is -0.341. The lowest BCUT2D eigenvalue weighted by Crippen LogP contribution is -2.50. The summed E-state index contributed by atoms with van der Waals surface area (Å²) >= 11 is 0. The SMILES string of the molecule is CNC(=O)CO[C@H]1CO[C@@]2(CCCN(C(=O)c3ccc(C)cc3)C2)C1. The third-order valence-corrected chi connectivity index (χ3v) is 5.03. The van der Waals surface area contributed by atoms with Crippen LogP contribution >= 0.6 is 0 Å². The molecule has 1 aromatic rings. The van der Waals surface area contributed by atoms with Crippen molar-refractivity contribution < 1.29 is 19.1 Å². The van der Waals surface area contributed by atoms with Crippen LogP contribution in [-0.2, 0) is 14.3 Å². The molecule has 0 radical (unpaired) electrons. The first-order valence-corrected chi connectivity index (χ1v) is 8.83. The summed E-state index contributed by atoms with van der Waals surface area (Å²) in [5.74, 6) is -0.0850. The quantitative estimate of drug-likeness (QED) is 0.898. The van der Waals surface area contributed by atoms with Crippen molar-refractivity contribution in [2.24, 2.45) is 0 Å². The van der Waals surface area contributed by atoms with Gasteiger partial charge in [-0.05, 0) is 31.9 Å². The smallest absolute Gasteiger partial charge is 0.253 e. The molecule has 0 unspecified atom stereocenters. The summed E-state index contributed by atoms with van der Waals surface area (Å²) in [4.78, 5) is 26.0. The average Bonchev–Trinajstić information content (AvgIpc) is 3.02. The Balaban J connectivity index is 1.60. The molecule has 1 N–H and O–H groups in total. The second kappa shape index (κ2) is 7.54. The molecule has 136 valence electrons. The number of aryl methyl sites for hydroxylation is 1. The predicted octanol–water partition coefficient (Wildman–Crippen LogP) is 1.52. The van der Waals surface area contributed by atoms with Crippen molar-refractivity contribution in [2.75, 3.05) is 33.4 Å². The van der Waals surface area contributed by atoms with Gasteiger partial charge >= 0.3 is 0 Å². The van der Waals surface area contributed by atoms with Gasteiger partial charge in [0.1, 0.15) is 6.61 Å². The van der Waals surface area contributed by atoms with Gasteiger partial charge in [0.15, 0.2) is 0 Å². The van der Waals surface area contributed by atoms with E-state index in [1.54, 1.807) is 7.05 Å². The summed E-state index contributed by atoms with van der Waals surface area (Å²) in [7, 11) is 1.59. The maximum absolute atomic E-state index is 12.8. The monoisotopic (exact) mass is 346 g/mol. The van der Waals surface area contributed by atoms with Gasteiger partial charge in [0.25, 0.3) is 5.91 Å². The molecule has 1 spiro atoms. The van der Waals surface area contributed by atoms with Crippen LogP contribution in [0.2, 0.25) is 0 Å². The van der Waals surface area contributed by atoms with E-state index in [-0.39, 0.29) is 30.1 Å². The van der Waals surface area contributed by atoms with Gasteiger partial charge in [-0.2, -0.15) is 0 Å². The number of amides is 2. The van der Waals surface area contributed by atoms with Crippen molar-refractivity contribution in [3.8, 4) is 0 Å². The molecule has 2 aliphatic rings. The molecule has 2 aliphatic heterocycles. The summed E-state index contributed by atoms with van der Waals surface area (Å²) in [6.07, 6.45) is 2.47. The minimum Gasteiger partial charge on any atom is -0.370 e. The number of likely N-dealkylation sites (N-methyl/N-ethyl adjacent to an activating group) is 1. The molecule has 2 fully saturated rings. The van der Waals surface area contributed by atoms with Crippen molar-refractivity contribution in [3.05, 3.63) is 35.4 Å². The Hall–Kier alpha value is -1.92. The molecule has 3 rings (SSSR count). The van der Waals surface area contributed by atoms with Gasteiger partial charge in [-0.1, -0.05) is 17.7 Å². The first kappa shape index (κ1) is 17.9. The Morgan fingerprint density at radius 1 is 1.36 bits per heavy atom. The molecule has 6 heteroatoms. The van der Waals surface area contributed by atoms with Gasteiger partial charge < -0.3 is 19.7 Å². The molecular formula is C19H26N2O4. The van der Waals surface area contributed by atoms with Gasteiger partial charge in [-0.15, -0.1) is 0 Å². The fourth-order valence-electron chi connectivity index (χ4n) is 3.61. The van der Waals surface area contributed by atoms with E-state index in [2.05, 4.69) is 5.32 Å². The van der Waals surface area contributed by atoms with E-state index >= 15 is 0 Å². The fourth-order valence-corrected chi connectivity index (χ4v) is 3.61. The Morgan fingerprint density at radius 3 is 2.84 bits per heavy atom. The Bertz CT molecular complexity index is 631. The first-order valence-electron chi connectivity index (χ1n) is 8.83. The number of carbonyl (C=O) groups excluding carboxylic acids is 2. The highest BCUT2D eigenvalue weighted by molar-refractivity contribution is 5.94. The lowest BCUT2D eigenvalue weighted by Gasteiger charge is -2.39. The minimum absolute atomic E-state index is 0.0482. The van der Waals surface area contributed by atoms with Crippen LogP contribution in [0.25, 0.3) is 0 Å². The molecule has 6 nitrogen and oxygen atoms in total. The van der Waals surface area contributed by atoms with E-state index in [1.165, 1.54) is 0 Å². The highest BCUT2D eigenvalue weighted by Crippen LogP contribution is 2.36. The van der Waals surface area contributed by atoms with E-state index in [1.807, 2.05) is 36.1 Å². The number of likely N-dealkylation sites (tertiary alicyclic amines) is 1. The summed E-state index contributed by atoms with van der Waals surface area (Å²) in [6, 6.07) is 7.68. The van der Waals surface area contributed by atoms with Gasteiger partial charge in [-0.25, -0.2) is 0 Å². The van der Waals surface area contributed by atoms with Gasteiger partial charge in [0.2, 0.25) is 5.91 Å². The molecule has 2 atom stereocenters. The zero-order valence-corrected chi connectivity index (χ0v) is 14.9. The van der Waals surface area contributed by atoms with E-state index in [0.29, 0.717) is 18.7 Å². The zero-order chi connectivity index (χ0) is 17.9. The molecule has 1 aromatic carbocycles. The van der Waals surface area contributed by atoms with Gasteiger partial charge in [0, 0.05) is 25.6 Å². The van der Waals surface area contributed by atoms with Crippen LogP contribution in [0.1, 0.15) is 35.2 Å². The first-order chi connectivity index (χ1) is 12.0. The largest absolute Gasteiger partial charge is 0.370 e. The van der Waals surface area contributed by atoms with E-state index in [4.69, 9.17) is 9.47 Å². The number of carbonyl (C=O) groups is 2. The van der Waals surface area contributed by atoms with E-state index < -0.39 is 0 Å². The van der Waals surface area contributed by atoms with Crippen molar-refractivity contribution in [3.63, 3.8) is 0 Å². The summed E-state index contributed by atoms with van der Waals surface area (Å²) in [5, 5.41) is 2.55. The highest BCUT2D eigenvalue weighted by atomic mass is 16.6. The van der Waals surface area contributed by atoms with Crippen molar-refractivity contribution in [1.29, 1.82) is 0 Å². The molecule has 2 heterocycles. The molecule has 2 amide bonds. The topological polar surface area (TPSA) is 67.9 Å². The number of ether oxygens (including phenoxy) is 2. The van der Waals surface area contributed by atoms with Crippen LogP contribution in [0.15, 0.2) is 24.3 Å². The Morgan fingerprint density at radius 2 is 2.12 bits per heavy atom. The van der Waals surface area contributed by atoms with Crippen molar-refractivity contribution >= 4 is 11.8 Å². The zero-order valence-electron chi connectivity index (χ0n) is 14.9. The normalized spacial score (nSPS) is 26.0. The number of nitrogens with one attached hydrogen (secondary N) is 1. The maximum atomic E-state index is 12.8. The van der Waals surface area contributed by atoms with Crippen LogP contribution in [0.5, 0.6) is 0 Å². The molecular weight excluding hydrogens is 320 g/mol. The fraction of sp³-hybridized carbons (Fsp3) is 0.579. The number of benzene rings is 1. The van der Waals surface area contributed by atoms with Crippen LogP contribution < -0.4 is 5.32 Å². The predicted molar refractivity (Wildman–Crippen MR) is 93.4 cm³/mol. The van der Waals surface area contributed by atoms with E-state index in [0.717, 1.165) is 31.4 Å². The second-order valence-corrected chi connectivity index (χ2v) is 7.00. The number of hydrogen-bond acceptors (Lipinski definition) is 4. The molecule has 0 aromatic heterocycles. The lowest BCUT2D eigenvalue weighted by atomic mass is 9.89. The molecule has 0 saturated carbocycles. The highest BCUT2D eigenvalue weighted by Gasteiger charge is 2.45. The average molecular weight is 346 g/mol. The number of rotatable bonds is 4. The van der Waals surface area contributed by atoms with Crippen LogP contribution in [0.3, 0.4) is 0 Å².